The number of anilines is 2. The highest BCUT2D eigenvalue weighted by Crippen LogP contribution is 2.18. The smallest absolute Gasteiger partial charge is 0.250 e. The molecule has 0 atom stereocenters. The van der Waals surface area contributed by atoms with Crippen molar-refractivity contribution in [2.24, 2.45) is 0 Å². The Labute approximate surface area is 120 Å². The number of hydrogen-bond acceptors (Lipinski definition) is 3. The third-order valence-corrected chi connectivity index (χ3v) is 2.74. The van der Waals surface area contributed by atoms with Crippen molar-refractivity contribution >= 4 is 17.3 Å². The molecular weight excluding hydrogens is 278 g/mol. The van der Waals surface area contributed by atoms with Gasteiger partial charge in [-0.3, -0.25) is 4.79 Å². The summed E-state index contributed by atoms with van der Waals surface area (Å²) in [5.41, 5.74) is 6.36. The number of rotatable bonds is 5. The first-order chi connectivity index (χ1) is 10.1. The number of benzene rings is 2. The summed E-state index contributed by atoms with van der Waals surface area (Å²) < 4.78 is 31.3. The van der Waals surface area contributed by atoms with Crippen molar-refractivity contribution in [3.05, 3.63) is 59.7 Å². The highest BCUT2D eigenvalue weighted by Gasteiger charge is 2.07. The first-order valence-electron chi connectivity index (χ1n) is 6.22. The molecule has 0 saturated heterocycles. The Morgan fingerprint density at radius 2 is 1.95 bits per heavy atom. The zero-order valence-corrected chi connectivity index (χ0v) is 11.1. The summed E-state index contributed by atoms with van der Waals surface area (Å²) in [5.74, 6) is -1.33. The molecule has 0 aliphatic rings. The van der Waals surface area contributed by atoms with Crippen molar-refractivity contribution in [2.45, 2.75) is 6.61 Å². The third kappa shape index (κ3) is 4.25. The molecule has 0 unspecified atom stereocenters. The molecule has 0 heterocycles. The molecule has 1 amide bonds. The standard InChI is InChI=1S/C15H14F2N2O2/c16-11-5-6-14(13(18)7-11)19-15(20)9-21-8-10-3-1-2-4-12(10)17/h1-7H,8-9,18H2,(H,19,20). The number of hydrogen-bond donors (Lipinski definition) is 2. The first-order valence-corrected chi connectivity index (χ1v) is 6.22. The minimum absolute atomic E-state index is 0.0149. The molecule has 4 nitrogen and oxygen atoms in total. The number of nitrogens with two attached hydrogens (primary N) is 1. The molecule has 0 aliphatic heterocycles. The van der Waals surface area contributed by atoms with Crippen molar-refractivity contribution in [3.63, 3.8) is 0 Å². The molecule has 0 spiro atoms. The Balaban J connectivity index is 1.84. The van der Waals surface area contributed by atoms with Gasteiger partial charge in [0, 0.05) is 5.56 Å². The normalized spacial score (nSPS) is 10.4. The van der Waals surface area contributed by atoms with Gasteiger partial charge in [0.2, 0.25) is 5.91 Å². The molecule has 0 aromatic heterocycles. The first kappa shape index (κ1) is 14.9. The topological polar surface area (TPSA) is 64.3 Å². The SMILES string of the molecule is Nc1cc(F)ccc1NC(=O)COCc1ccccc1F. The summed E-state index contributed by atoms with van der Waals surface area (Å²) in [6.45, 7) is -0.274. The summed E-state index contributed by atoms with van der Waals surface area (Å²) in [5, 5.41) is 2.49. The van der Waals surface area contributed by atoms with Crippen molar-refractivity contribution in [1.82, 2.24) is 0 Å². The lowest BCUT2D eigenvalue weighted by molar-refractivity contribution is -0.121. The van der Waals surface area contributed by atoms with E-state index in [1.807, 2.05) is 0 Å². The number of nitrogen functional groups attached to an aromatic ring is 1. The van der Waals surface area contributed by atoms with Gasteiger partial charge in [-0.1, -0.05) is 18.2 Å². The molecule has 2 rings (SSSR count). The zero-order valence-electron chi connectivity index (χ0n) is 11.1. The number of halogens is 2. The van der Waals surface area contributed by atoms with Gasteiger partial charge >= 0.3 is 0 Å². The van der Waals surface area contributed by atoms with E-state index in [4.69, 9.17) is 10.5 Å². The van der Waals surface area contributed by atoms with Crippen LogP contribution in [0.4, 0.5) is 20.2 Å². The molecule has 2 aromatic rings. The largest absolute Gasteiger partial charge is 0.397 e. The van der Waals surface area contributed by atoms with Crippen LogP contribution in [0.3, 0.4) is 0 Å². The highest BCUT2D eigenvalue weighted by atomic mass is 19.1. The Kier molecular flexibility index (Phi) is 4.84. The zero-order chi connectivity index (χ0) is 15.2. The van der Waals surface area contributed by atoms with Gasteiger partial charge in [0.15, 0.2) is 0 Å². The van der Waals surface area contributed by atoms with E-state index in [1.54, 1.807) is 18.2 Å². The maximum absolute atomic E-state index is 13.3. The Bertz CT molecular complexity index is 647. The molecule has 0 saturated carbocycles. The summed E-state index contributed by atoms with van der Waals surface area (Å²) in [6, 6.07) is 9.80. The predicted octanol–water partition coefficient (Wildman–Crippen LogP) is 2.70. The van der Waals surface area contributed by atoms with E-state index in [9.17, 15) is 13.6 Å². The molecule has 0 bridgehead atoms. The number of ether oxygens (including phenoxy) is 1. The van der Waals surface area contributed by atoms with Gasteiger partial charge < -0.3 is 15.8 Å². The number of carbonyl (C=O) groups is 1. The summed E-state index contributed by atoms with van der Waals surface area (Å²) in [6.07, 6.45) is 0. The second kappa shape index (κ2) is 6.81. The highest BCUT2D eigenvalue weighted by molar-refractivity contribution is 5.94. The van der Waals surface area contributed by atoms with Crippen LogP contribution in [0.15, 0.2) is 42.5 Å². The monoisotopic (exact) mass is 292 g/mol. The lowest BCUT2D eigenvalue weighted by atomic mass is 10.2. The summed E-state index contributed by atoms with van der Waals surface area (Å²) in [4.78, 5) is 11.6. The fourth-order valence-electron chi connectivity index (χ4n) is 1.70. The van der Waals surface area contributed by atoms with E-state index in [2.05, 4.69) is 5.32 Å². The van der Waals surface area contributed by atoms with E-state index in [0.29, 0.717) is 11.3 Å². The quantitative estimate of drug-likeness (QED) is 0.833. The molecule has 6 heteroatoms. The van der Waals surface area contributed by atoms with Crippen LogP contribution in [0.1, 0.15) is 5.56 Å². The van der Waals surface area contributed by atoms with Crippen LogP contribution in [0, 0.1) is 11.6 Å². The molecule has 21 heavy (non-hydrogen) atoms. The van der Waals surface area contributed by atoms with E-state index in [1.165, 1.54) is 18.2 Å². The van der Waals surface area contributed by atoms with Gasteiger partial charge in [0.1, 0.15) is 18.2 Å². The van der Waals surface area contributed by atoms with E-state index < -0.39 is 11.7 Å². The summed E-state index contributed by atoms with van der Waals surface area (Å²) >= 11 is 0. The predicted molar refractivity (Wildman–Crippen MR) is 75.5 cm³/mol. The van der Waals surface area contributed by atoms with Gasteiger partial charge in [-0.25, -0.2) is 8.78 Å². The van der Waals surface area contributed by atoms with Gasteiger partial charge in [0.05, 0.1) is 18.0 Å². The molecule has 0 radical (unpaired) electrons. The van der Waals surface area contributed by atoms with Gasteiger partial charge in [-0.2, -0.15) is 0 Å². The number of nitrogens with one attached hydrogen (secondary N) is 1. The van der Waals surface area contributed by atoms with E-state index in [-0.39, 0.29) is 24.7 Å². The van der Waals surface area contributed by atoms with E-state index in [0.717, 1.165) is 6.07 Å². The molecule has 0 aliphatic carbocycles. The lowest BCUT2D eigenvalue weighted by Gasteiger charge is -2.09. The summed E-state index contributed by atoms with van der Waals surface area (Å²) in [7, 11) is 0. The minimum Gasteiger partial charge on any atom is -0.397 e. The van der Waals surface area contributed by atoms with Crippen molar-refractivity contribution < 1.29 is 18.3 Å². The molecule has 110 valence electrons. The number of carbonyl (C=O) groups excluding carboxylic acids is 1. The van der Waals surface area contributed by atoms with Crippen molar-refractivity contribution in [3.8, 4) is 0 Å². The second-order valence-electron chi connectivity index (χ2n) is 4.36. The van der Waals surface area contributed by atoms with Crippen LogP contribution in [0.2, 0.25) is 0 Å². The van der Waals surface area contributed by atoms with Crippen molar-refractivity contribution in [1.29, 1.82) is 0 Å². The average Bonchev–Trinajstić information content (AvgIpc) is 2.44. The number of amides is 1. The van der Waals surface area contributed by atoms with Crippen LogP contribution < -0.4 is 11.1 Å². The molecule has 3 N–H and O–H groups in total. The fraction of sp³-hybridized carbons (Fsp3) is 0.133. The Morgan fingerprint density at radius 3 is 2.67 bits per heavy atom. The van der Waals surface area contributed by atoms with Crippen molar-refractivity contribution in [2.75, 3.05) is 17.7 Å². The molecular formula is C15H14F2N2O2. The van der Waals surface area contributed by atoms with Crippen LogP contribution in [-0.4, -0.2) is 12.5 Å². The third-order valence-electron chi connectivity index (χ3n) is 2.74. The van der Waals surface area contributed by atoms with E-state index >= 15 is 0 Å². The maximum atomic E-state index is 13.3. The molecule has 0 fully saturated rings. The Morgan fingerprint density at radius 1 is 1.19 bits per heavy atom. The van der Waals surface area contributed by atoms with Crippen LogP contribution in [0.25, 0.3) is 0 Å². The van der Waals surface area contributed by atoms with Crippen LogP contribution in [-0.2, 0) is 16.1 Å². The van der Waals surface area contributed by atoms with Gasteiger partial charge in [0.25, 0.3) is 0 Å². The molecule has 2 aromatic carbocycles. The van der Waals surface area contributed by atoms with Gasteiger partial charge in [-0.05, 0) is 24.3 Å². The second-order valence-corrected chi connectivity index (χ2v) is 4.36. The average molecular weight is 292 g/mol. The van der Waals surface area contributed by atoms with Gasteiger partial charge in [-0.15, -0.1) is 0 Å². The van der Waals surface area contributed by atoms with Crippen LogP contribution in [0.5, 0.6) is 0 Å². The lowest BCUT2D eigenvalue weighted by Crippen LogP contribution is -2.19. The van der Waals surface area contributed by atoms with Crippen LogP contribution >= 0.6 is 0 Å². The Hall–Kier alpha value is -2.47. The maximum Gasteiger partial charge on any atom is 0.250 e. The fourth-order valence-corrected chi connectivity index (χ4v) is 1.70. The minimum atomic E-state index is -0.485.